The average molecular weight is 1510 g/mol. The first-order valence-corrected chi connectivity index (χ1v) is 43.0. The van der Waals surface area contributed by atoms with Crippen LogP contribution in [0.4, 0.5) is 0 Å². The van der Waals surface area contributed by atoms with E-state index in [1.807, 2.05) is 0 Å². The summed E-state index contributed by atoms with van der Waals surface area (Å²) in [6.45, 7) is 22.8. The summed E-state index contributed by atoms with van der Waals surface area (Å²) in [5.74, 6) is 4.57. The number of nitrogens with zero attached hydrogens (tertiary/aromatic N) is 8. The van der Waals surface area contributed by atoms with E-state index in [9.17, 15) is 30.2 Å². The second-order valence-corrected chi connectivity index (χ2v) is 39.7. The molecule has 0 amide bonds. The van der Waals surface area contributed by atoms with Gasteiger partial charge in [0.15, 0.2) is 11.6 Å². The lowest BCUT2D eigenvalue weighted by molar-refractivity contribution is -0.272. The molecule has 2 aromatic heterocycles. The van der Waals surface area contributed by atoms with Gasteiger partial charge in [0.05, 0.1) is 75.1 Å². The van der Waals surface area contributed by atoms with Crippen LogP contribution in [0.5, 0.6) is 0 Å². The number of allylic oxidation sites excluding steroid dienone is 2. The largest absolute Gasteiger partial charge is 0.405 e. The van der Waals surface area contributed by atoms with Gasteiger partial charge in [-0.15, -0.1) is 0 Å². The van der Waals surface area contributed by atoms with Crippen molar-refractivity contribution in [3.05, 3.63) is 109 Å². The van der Waals surface area contributed by atoms with E-state index < -0.39 is 112 Å². The van der Waals surface area contributed by atoms with Gasteiger partial charge in [-0.3, -0.25) is 46.8 Å². The SMILES string of the molecule is Cc1cn([C@H]2C[C@H](N=[N+]=[N-])[C@@H](COP(=O)(NCCNP(=O)(OC[C@H]3O[C@@H](n4cc(C)c(=O)[nH]c4=O)C[C@@H]3N=[N+]=[N-])OC3CC[C@@]4(C)C(=CC[C@H]5[C@@H]6C[C@@H]7O[C@]8(CC[C@@H](C)CO8)[C@@H](C)[C@@H]7[C@@]6(C)CC[C@@H]54)C3)OC3CC[C@@]4(C)C(=CC[C@H]5[C@@H]6C[C@@H]7O[C@]8(CC[C@@H](C)CO8)[C@@H](C)[C@@H]7[C@@]6(C)CC[C@@H]54)C3)O2)c(=O)[nH]c1=O. The molecule has 2 aromatic rings. The predicted molar refractivity (Wildman–Crippen MR) is 391 cm³/mol. The molecule has 12 fully saturated rings. The van der Waals surface area contributed by atoms with E-state index in [0.29, 0.717) is 96.7 Å². The molecule has 0 aromatic carbocycles. The minimum absolute atomic E-state index is 0.0489. The van der Waals surface area contributed by atoms with Crippen LogP contribution in [0.25, 0.3) is 20.9 Å². The third-order valence-corrected chi connectivity index (χ3v) is 33.9. The second kappa shape index (κ2) is 28.3. The van der Waals surface area contributed by atoms with Crippen molar-refractivity contribution in [2.45, 2.75) is 270 Å². The maximum Gasteiger partial charge on any atom is 0.405 e. The number of aryl methyl sites for hydroxylation is 2. The molecule has 2 spiro atoms. The van der Waals surface area contributed by atoms with Crippen molar-refractivity contribution >= 4 is 15.5 Å². The lowest BCUT2D eigenvalue weighted by Crippen LogP contribution is -2.52. The first-order valence-electron chi connectivity index (χ1n) is 40.0. The predicted octanol–water partition coefficient (Wildman–Crippen LogP) is 13.6. The topological polar surface area (TPSA) is 358 Å². The fourth-order valence-corrected chi connectivity index (χ4v) is 27.9. The van der Waals surface area contributed by atoms with E-state index in [1.165, 1.54) is 32.7 Å². The zero-order chi connectivity index (χ0) is 74.4. The van der Waals surface area contributed by atoms with Crippen molar-refractivity contribution in [3.8, 4) is 0 Å². The highest BCUT2D eigenvalue weighted by Crippen LogP contribution is 2.73. The van der Waals surface area contributed by atoms with Gasteiger partial charge in [-0.05, 0) is 208 Å². The van der Waals surface area contributed by atoms with Gasteiger partial charge in [-0.2, -0.15) is 0 Å². The lowest BCUT2D eigenvalue weighted by atomic mass is 9.47. The highest BCUT2D eigenvalue weighted by atomic mass is 31.2. The smallest absolute Gasteiger partial charge is 0.352 e. The molecule has 4 N–H and O–H groups in total. The molecule has 6 saturated heterocycles. The van der Waals surface area contributed by atoms with Crippen molar-refractivity contribution < 1.29 is 55.6 Å². The van der Waals surface area contributed by atoms with Crippen molar-refractivity contribution in [1.82, 2.24) is 29.3 Å². The zero-order valence-corrected chi connectivity index (χ0v) is 65.2. The van der Waals surface area contributed by atoms with Crippen LogP contribution in [0.3, 0.4) is 0 Å². The van der Waals surface area contributed by atoms with Gasteiger partial charge >= 0.3 is 26.9 Å². The first-order chi connectivity index (χ1) is 50.5. The molecule has 106 heavy (non-hydrogen) atoms. The molecular weight excluding hydrogens is 1400 g/mol. The lowest BCUT2D eigenvalue weighted by Gasteiger charge is -2.58. The third kappa shape index (κ3) is 13.0. The molecule has 28 nitrogen and oxygen atoms in total. The Morgan fingerprint density at radius 3 is 1.38 bits per heavy atom. The van der Waals surface area contributed by atoms with E-state index in [1.54, 1.807) is 13.8 Å². The Labute approximate surface area is 619 Å². The highest BCUT2D eigenvalue weighted by molar-refractivity contribution is 7.52. The summed E-state index contributed by atoms with van der Waals surface area (Å²) in [7, 11) is -8.83. The molecule has 0 radical (unpaired) electrons. The monoisotopic (exact) mass is 1510 g/mol. The highest BCUT2D eigenvalue weighted by Gasteiger charge is 2.71. The van der Waals surface area contributed by atoms with Crippen LogP contribution in [0.15, 0.2) is 65.1 Å². The number of azide groups is 2. The number of aromatic nitrogens is 4. The Kier molecular flexibility index (Phi) is 20.1. The Balaban J connectivity index is 0.635. The van der Waals surface area contributed by atoms with Crippen LogP contribution in [-0.4, -0.2) is 119 Å². The van der Waals surface area contributed by atoms with Crippen LogP contribution in [-0.2, 0) is 55.6 Å². The molecule has 8 aliphatic carbocycles. The van der Waals surface area contributed by atoms with Gasteiger partial charge in [0, 0.05) is 84.0 Å². The number of H-pyrrole nitrogens is 2. The molecule has 14 aliphatic rings. The van der Waals surface area contributed by atoms with Crippen molar-refractivity contribution in [2.75, 3.05) is 39.5 Å². The number of aromatic amines is 2. The van der Waals surface area contributed by atoms with E-state index in [2.05, 4.69) is 108 Å². The van der Waals surface area contributed by atoms with E-state index in [0.717, 1.165) is 103 Å². The standard InChI is InChI=1S/C76H112N12O16P2/c1-41-15-25-75(95-37-41)45(5)65-59(101-75)31-55-51-13-11-47-29-49(17-21-71(47,7)53(51)19-23-73(55,65)9)103-105(93,97-39-61-57(83-85-77)33-63(99-61)87-35-43(3)67(89)81-69(87)91)79-27-28-80-106(94,98-40-62-58(84-86-78)34-64(100-62)88-36-44(4)68(90)82-70(88)92)104-50-18-22-72(8)48(30-50)12-14-52-54(72)20-24-74(10)56(52)32-60-66(74)46(6)76(102-60)26-16-42(2)38-96-76/h11-12,35-36,41-42,45-46,49-66H,13-34,37-40H2,1-10H3,(H,79,93)(H,80,94)(H,81,89,91)(H,82,90,92)/t41-,42-,45+,46+,49?,50?,51-,52-,53+,54+,55+,56+,57+,58+,59+,60+,61-,62-,63-,64-,65+,66+,71+,72+,73+,74+,75-,76-,105?,106?/m1/s1. The van der Waals surface area contributed by atoms with Gasteiger partial charge < -0.3 is 28.4 Å². The Morgan fingerprint density at radius 2 is 0.991 bits per heavy atom. The minimum Gasteiger partial charge on any atom is -0.352 e. The number of fused-ring (bicyclic) bond motifs is 14. The van der Waals surface area contributed by atoms with Crippen LogP contribution >= 0.6 is 15.5 Å². The molecule has 30 heteroatoms. The summed E-state index contributed by atoms with van der Waals surface area (Å²) in [6, 6.07) is -1.75. The van der Waals surface area contributed by atoms with Crippen LogP contribution in [0, 0.1) is 107 Å². The number of ether oxygens (including phenoxy) is 6. The number of hydrogen-bond acceptors (Lipinski definition) is 18. The number of hydrogen-bond donors (Lipinski definition) is 4. The summed E-state index contributed by atoms with van der Waals surface area (Å²) in [5, 5.41) is 14.2. The molecular formula is C76H112N12O16P2. The Hall–Kier alpha value is -4.56. The first kappa shape index (κ1) is 75.5. The van der Waals surface area contributed by atoms with Crippen molar-refractivity contribution in [3.63, 3.8) is 0 Å². The van der Waals surface area contributed by atoms with Crippen LogP contribution < -0.4 is 32.7 Å². The van der Waals surface area contributed by atoms with Crippen LogP contribution in [0.1, 0.15) is 207 Å². The molecule has 6 saturated carbocycles. The fraction of sp³-hybridized carbons (Fsp3) is 0.842. The summed E-state index contributed by atoms with van der Waals surface area (Å²) in [4.78, 5) is 62.0. The van der Waals surface area contributed by atoms with Gasteiger partial charge in [0.25, 0.3) is 11.1 Å². The van der Waals surface area contributed by atoms with E-state index in [-0.39, 0.29) is 70.9 Å². The second-order valence-electron chi connectivity index (χ2n) is 36.1. The number of nitrogens with one attached hydrogen (secondary N) is 4. The number of rotatable bonds is 19. The maximum atomic E-state index is 15.9. The molecule has 0 bridgehead atoms. The zero-order valence-electron chi connectivity index (χ0n) is 63.4. The van der Waals surface area contributed by atoms with E-state index in [4.69, 9.17) is 46.5 Å². The Morgan fingerprint density at radius 1 is 0.575 bits per heavy atom. The molecule has 8 heterocycles. The van der Waals surface area contributed by atoms with Gasteiger partial charge in [0.1, 0.15) is 12.5 Å². The molecule has 16 rings (SSSR count). The summed E-state index contributed by atoms with van der Waals surface area (Å²) in [5.41, 5.74) is 20.3. The van der Waals surface area contributed by atoms with Gasteiger partial charge in [0.2, 0.25) is 0 Å². The molecule has 582 valence electrons. The minimum atomic E-state index is -4.42. The average Bonchev–Trinajstić information content (AvgIpc) is 1.51. The molecule has 4 unspecified atom stereocenters. The van der Waals surface area contributed by atoms with Crippen molar-refractivity contribution in [2.24, 2.45) is 103 Å². The molecule has 30 atom stereocenters. The summed E-state index contributed by atoms with van der Waals surface area (Å²) >= 11 is 0. The summed E-state index contributed by atoms with van der Waals surface area (Å²) < 4.78 is 101. The normalized spacial score (nSPS) is 45.9. The van der Waals surface area contributed by atoms with Gasteiger partial charge in [-0.1, -0.05) is 88.9 Å². The fourth-order valence-electron chi connectivity index (χ4n) is 24.9. The maximum absolute atomic E-state index is 15.9. The third-order valence-electron chi connectivity index (χ3n) is 30.5. The van der Waals surface area contributed by atoms with E-state index >= 15 is 9.13 Å². The summed E-state index contributed by atoms with van der Waals surface area (Å²) in [6.07, 6.45) is 19.5. The Bertz CT molecular complexity index is 3970. The van der Waals surface area contributed by atoms with Crippen LogP contribution in [0.2, 0.25) is 0 Å². The van der Waals surface area contributed by atoms with Gasteiger partial charge in [-0.25, -0.2) is 28.9 Å². The quantitative estimate of drug-likeness (QED) is 0.0253. The molecule has 6 aliphatic heterocycles. The van der Waals surface area contributed by atoms with Crippen molar-refractivity contribution in [1.29, 1.82) is 0 Å².